The molecule has 1 rings (SSSR count). The zero-order valence-corrected chi connectivity index (χ0v) is 7.05. The van der Waals surface area contributed by atoms with Gasteiger partial charge < -0.3 is 5.11 Å². The van der Waals surface area contributed by atoms with Crippen molar-refractivity contribution in [3.05, 3.63) is 21.1 Å². The lowest BCUT2D eigenvalue weighted by molar-refractivity contribution is -0.136. The summed E-state index contributed by atoms with van der Waals surface area (Å²) < 4.78 is 1.14. The molecular weight excluding hydrogens is 184 g/mol. The smallest absolute Gasteiger partial charge is 0.309 e. The third kappa shape index (κ3) is 1.50. The van der Waals surface area contributed by atoms with Gasteiger partial charge in [-0.2, -0.15) is 0 Å². The predicted molar refractivity (Wildman–Crippen MR) is 42.4 cm³/mol. The van der Waals surface area contributed by atoms with Crippen molar-refractivity contribution < 1.29 is 9.90 Å². The molecule has 0 atom stereocenters. The minimum absolute atomic E-state index is 0.0556. The second kappa shape index (κ2) is 3.02. The number of halogens is 1. The van der Waals surface area contributed by atoms with Gasteiger partial charge in [0.2, 0.25) is 0 Å². The normalized spacial score (nSPS) is 10.2. The van der Waals surface area contributed by atoms with E-state index in [9.17, 15) is 9.59 Å². The highest BCUT2D eigenvalue weighted by molar-refractivity contribution is 6.31. The fourth-order valence-corrected chi connectivity index (χ4v) is 1.08. The van der Waals surface area contributed by atoms with Crippen LogP contribution in [0.5, 0.6) is 0 Å². The zero-order chi connectivity index (χ0) is 9.30. The van der Waals surface area contributed by atoms with Gasteiger partial charge in [-0.1, -0.05) is 11.6 Å². The van der Waals surface area contributed by atoms with Gasteiger partial charge in [-0.3, -0.25) is 19.4 Å². The number of rotatable bonds is 2. The van der Waals surface area contributed by atoms with Gasteiger partial charge in [0.1, 0.15) is 5.02 Å². The number of H-pyrrole nitrogens is 1. The number of nitrogens with one attached hydrogen (secondary N) is 1. The van der Waals surface area contributed by atoms with Crippen molar-refractivity contribution in [3.8, 4) is 0 Å². The minimum Gasteiger partial charge on any atom is -0.481 e. The Balaban J connectivity index is 3.10. The summed E-state index contributed by atoms with van der Waals surface area (Å²) in [7, 11) is 1.47. The lowest BCUT2D eigenvalue weighted by Gasteiger charge is -1.90. The summed E-state index contributed by atoms with van der Waals surface area (Å²) in [6, 6.07) is 0. The number of aromatic amines is 1. The van der Waals surface area contributed by atoms with Crippen LogP contribution in [0.15, 0.2) is 4.79 Å². The molecule has 0 saturated carbocycles. The summed E-state index contributed by atoms with van der Waals surface area (Å²) in [6.07, 6.45) is -0.269. The van der Waals surface area contributed by atoms with Gasteiger partial charge in [-0.15, -0.1) is 0 Å². The number of carbonyl (C=O) groups is 1. The van der Waals surface area contributed by atoms with Gasteiger partial charge in [-0.25, -0.2) is 0 Å². The standard InChI is InChI=1S/C6H7ClN2O3/c1-9-6(12)5(7)3(8-9)2-4(10)11/h8H,2H2,1H3,(H,10,11). The second-order valence-electron chi connectivity index (χ2n) is 2.34. The molecule has 66 valence electrons. The Hall–Kier alpha value is -1.23. The Kier molecular flexibility index (Phi) is 2.23. The molecule has 0 radical (unpaired) electrons. The highest BCUT2D eigenvalue weighted by Gasteiger charge is 2.12. The first-order valence-corrected chi connectivity index (χ1v) is 3.55. The molecule has 1 aromatic rings. The number of carboxylic acid groups (broad SMARTS) is 1. The van der Waals surface area contributed by atoms with Crippen molar-refractivity contribution in [3.63, 3.8) is 0 Å². The monoisotopic (exact) mass is 190 g/mol. The average Bonchev–Trinajstić information content (AvgIpc) is 2.17. The third-order valence-electron chi connectivity index (χ3n) is 1.39. The molecule has 0 bridgehead atoms. The van der Waals surface area contributed by atoms with Gasteiger partial charge in [0.25, 0.3) is 5.56 Å². The van der Waals surface area contributed by atoms with E-state index in [0.717, 1.165) is 4.68 Å². The molecule has 5 nitrogen and oxygen atoms in total. The van der Waals surface area contributed by atoms with Crippen LogP contribution in [-0.2, 0) is 18.3 Å². The molecule has 2 N–H and O–H groups in total. The summed E-state index contributed by atoms with van der Waals surface area (Å²) >= 11 is 5.53. The van der Waals surface area contributed by atoms with Gasteiger partial charge in [0.05, 0.1) is 12.1 Å². The lowest BCUT2D eigenvalue weighted by atomic mass is 10.3. The van der Waals surface area contributed by atoms with Crippen molar-refractivity contribution in [2.45, 2.75) is 6.42 Å². The van der Waals surface area contributed by atoms with E-state index in [1.807, 2.05) is 0 Å². The summed E-state index contributed by atoms with van der Waals surface area (Å²) in [5.41, 5.74) is -0.176. The Morgan fingerprint density at radius 1 is 1.75 bits per heavy atom. The molecule has 6 heteroatoms. The molecule has 1 aromatic heterocycles. The van der Waals surface area contributed by atoms with Crippen molar-refractivity contribution in [2.24, 2.45) is 7.05 Å². The van der Waals surface area contributed by atoms with E-state index < -0.39 is 11.5 Å². The molecule has 0 aliphatic rings. The lowest BCUT2D eigenvalue weighted by Crippen LogP contribution is -2.11. The number of aliphatic carboxylic acids is 1. The van der Waals surface area contributed by atoms with Crippen molar-refractivity contribution >= 4 is 17.6 Å². The maximum Gasteiger partial charge on any atom is 0.309 e. The molecule has 0 unspecified atom stereocenters. The molecular formula is C6H7ClN2O3. The van der Waals surface area contributed by atoms with Gasteiger partial charge in [0.15, 0.2) is 0 Å². The Morgan fingerprint density at radius 3 is 2.67 bits per heavy atom. The number of carboxylic acids is 1. The SMILES string of the molecule is Cn1[nH]c(CC(=O)O)c(Cl)c1=O. The Morgan fingerprint density at radius 2 is 2.33 bits per heavy atom. The summed E-state index contributed by atoms with van der Waals surface area (Å²) in [4.78, 5) is 21.2. The molecule has 12 heavy (non-hydrogen) atoms. The average molecular weight is 191 g/mol. The van der Waals surface area contributed by atoms with Crippen LogP contribution in [0.1, 0.15) is 5.69 Å². The van der Waals surface area contributed by atoms with Crippen molar-refractivity contribution in [1.82, 2.24) is 9.78 Å². The van der Waals surface area contributed by atoms with E-state index in [-0.39, 0.29) is 17.1 Å². The number of aryl methyl sites for hydroxylation is 1. The van der Waals surface area contributed by atoms with Crippen LogP contribution in [0, 0.1) is 0 Å². The van der Waals surface area contributed by atoms with Gasteiger partial charge in [-0.05, 0) is 0 Å². The molecule has 0 saturated heterocycles. The van der Waals surface area contributed by atoms with Crippen LogP contribution < -0.4 is 5.56 Å². The topological polar surface area (TPSA) is 75.1 Å². The summed E-state index contributed by atoms with van der Waals surface area (Å²) in [5, 5.41) is 10.9. The van der Waals surface area contributed by atoms with Crippen LogP contribution in [-0.4, -0.2) is 20.9 Å². The molecule has 0 spiro atoms. The first-order valence-electron chi connectivity index (χ1n) is 3.17. The second-order valence-corrected chi connectivity index (χ2v) is 2.72. The molecule has 0 amide bonds. The predicted octanol–water partition coefficient (Wildman–Crippen LogP) is -0.00610. The minimum atomic E-state index is -1.03. The maximum absolute atomic E-state index is 11.0. The molecule has 0 aliphatic heterocycles. The van der Waals surface area contributed by atoms with E-state index in [1.165, 1.54) is 7.05 Å². The van der Waals surface area contributed by atoms with Crippen LogP contribution in [0.25, 0.3) is 0 Å². The molecule has 0 fully saturated rings. The van der Waals surface area contributed by atoms with Crippen LogP contribution >= 0.6 is 11.6 Å². The van der Waals surface area contributed by atoms with E-state index in [2.05, 4.69) is 5.10 Å². The van der Waals surface area contributed by atoms with Crippen LogP contribution in [0.4, 0.5) is 0 Å². The largest absolute Gasteiger partial charge is 0.481 e. The number of hydrogen-bond acceptors (Lipinski definition) is 2. The van der Waals surface area contributed by atoms with E-state index in [1.54, 1.807) is 0 Å². The maximum atomic E-state index is 11.0. The number of hydrogen-bond donors (Lipinski definition) is 2. The quantitative estimate of drug-likeness (QED) is 0.689. The fourth-order valence-electron chi connectivity index (χ4n) is 0.847. The third-order valence-corrected chi connectivity index (χ3v) is 1.78. The van der Waals surface area contributed by atoms with Crippen molar-refractivity contribution in [1.29, 1.82) is 0 Å². The zero-order valence-electron chi connectivity index (χ0n) is 6.30. The van der Waals surface area contributed by atoms with E-state index >= 15 is 0 Å². The Bertz CT molecular complexity index is 365. The number of aromatic nitrogens is 2. The van der Waals surface area contributed by atoms with Crippen LogP contribution in [0.3, 0.4) is 0 Å². The summed E-state index contributed by atoms with van der Waals surface area (Å²) in [5.74, 6) is -1.03. The first-order chi connectivity index (χ1) is 5.52. The molecule has 0 aromatic carbocycles. The van der Waals surface area contributed by atoms with E-state index in [4.69, 9.17) is 16.7 Å². The van der Waals surface area contributed by atoms with Gasteiger partial charge >= 0.3 is 5.97 Å². The molecule has 1 heterocycles. The Labute approximate surface area is 72.6 Å². The first kappa shape index (κ1) is 8.86. The van der Waals surface area contributed by atoms with Crippen LogP contribution in [0.2, 0.25) is 5.02 Å². The van der Waals surface area contributed by atoms with E-state index in [0.29, 0.717) is 0 Å². The summed E-state index contributed by atoms with van der Waals surface area (Å²) in [6.45, 7) is 0. The van der Waals surface area contributed by atoms with Gasteiger partial charge in [0, 0.05) is 7.05 Å². The van der Waals surface area contributed by atoms with Crippen molar-refractivity contribution in [2.75, 3.05) is 0 Å². The fraction of sp³-hybridized carbons (Fsp3) is 0.333. The highest BCUT2D eigenvalue weighted by atomic mass is 35.5. The molecule has 0 aliphatic carbocycles. The number of nitrogens with zero attached hydrogens (tertiary/aromatic N) is 1. The highest BCUT2D eigenvalue weighted by Crippen LogP contribution is 2.07.